The SMILES string of the molecule is Cc1c(Cl)cc(NC(=O)NCc2ccc(C(F)(F)F)cc2)c(O)c1Cl. The average Bonchev–Trinajstić information content (AvgIpc) is 2.55. The van der Waals surface area contributed by atoms with E-state index in [1.165, 1.54) is 18.2 Å². The van der Waals surface area contributed by atoms with Gasteiger partial charge in [0.25, 0.3) is 0 Å². The highest BCUT2D eigenvalue weighted by molar-refractivity contribution is 6.37. The van der Waals surface area contributed by atoms with Crippen molar-refractivity contribution in [3.05, 3.63) is 57.1 Å². The molecule has 2 amide bonds. The second-order valence-electron chi connectivity index (χ2n) is 5.20. The first kappa shape index (κ1) is 19.2. The first-order chi connectivity index (χ1) is 11.6. The molecule has 0 spiro atoms. The van der Waals surface area contributed by atoms with Gasteiger partial charge in [0.05, 0.1) is 16.3 Å². The molecule has 0 heterocycles. The van der Waals surface area contributed by atoms with Crippen LogP contribution in [0.3, 0.4) is 0 Å². The number of nitrogens with one attached hydrogen (secondary N) is 2. The maximum absolute atomic E-state index is 12.5. The third-order valence-corrected chi connectivity index (χ3v) is 4.26. The molecule has 0 atom stereocenters. The number of hydrogen-bond donors (Lipinski definition) is 3. The number of phenols is 1. The van der Waals surface area contributed by atoms with Crippen molar-refractivity contribution in [2.45, 2.75) is 19.6 Å². The summed E-state index contributed by atoms with van der Waals surface area (Å²) in [6.07, 6.45) is -4.41. The number of carbonyl (C=O) groups excluding carboxylic acids is 1. The summed E-state index contributed by atoms with van der Waals surface area (Å²) in [5, 5.41) is 15.0. The molecular formula is C16H13Cl2F3N2O2. The van der Waals surface area contributed by atoms with Crippen LogP contribution in [0.25, 0.3) is 0 Å². The van der Waals surface area contributed by atoms with Gasteiger partial charge >= 0.3 is 12.2 Å². The Bertz CT molecular complexity index is 793. The molecule has 0 aliphatic rings. The number of halogens is 5. The summed E-state index contributed by atoms with van der Waals surface area (Å²) in [6.45, 7) is 1.61. The quantitative estimate of drug-likeness (QED) is 0.616. The number of urea groups is 1. The van der Waals surface area contributed by atoms with Crippen molar-refractivity contribution in [2.75, 3.05) is 5.32 Å². The molecule has 25 heavy (non-hydrogen) atoms. The molecule has 0 unspecified atom stereocenters. The zero-order valence-electron chi connectivity index (χ0n) is 12.8. The van der Waals surface area contributed by atoms with Crippen LogP contribution in [0.2, 0.25) is 10.0 Å². The smallest absolute Gasteiger partial charge is 0.416 e. The monoisotopic (exact) mass is 392 g/mol. The Morgan fingerprint density at radius 3 is 2.36 bits per heavy atom. The van der Waals surface area contributed by atoms with E-state index in [1.807, 2.05) is 0 Å². The Balaban J connectivity index is 2.00. The molecule has 3 N–H and O–H groups in total. The maximum atomic E-state index is 12.5. The normalized spacial score (nSPS) is 11.3. The summed E-state index contributed by atoms with van der Waals surface area (Å²) in [5.41, 5.74) is 0.198. The van der Waals surface area contributed by atoms with Crippen LogP contribution >= 0.6 is 23.2 Å². The van der Waals surface area contributed by atoms with Gasteiger partial charge < -0.3 is 15.7 Å². The summed E-state index contributed by atoms with van der Waals surface area (Å²) < 4.78 is 37.4. The van der Waals surface area contributed by atoms with E-state index in [2.05, 4.69) is 10.6 Å². The van der Waals surface area contributed by atoms with Gasteiger partial charge in [-0.1, -0.05) is 35.3 Å². The summed E-state index contributed by atoms with van der Waals surface area (Å²) in [4.78, 5) is 11.9. The second kappa shape index (κ2) is 7.41. The van der Waals surface area contributed by atoms with Crippen molar-refractivity contribution in [1.29, 1.82) is 0 Å². The van der Waals surface area contributed by atoms with E-state index < -0.39 is 17.8 Å². The van der Waals surface area contributed by atoms with Crippen LogP contribution in [0.4, 0.5) is 23.7 Å². The molecule has 0 aliphatic heterocycles. The van der Waals surface area contributed by atoms with E-state index in [9.17, 15) is 23.1 Å². The summed E-state index contributed by atoms with van der Waals surface area (Å²) in [5.74, 6) is -0.326. The Labute approximate surface area is 151 Å². The third kappa shape index (κ3) is 4.70. The fourth-order valence-electron chi connectivity index (χ4n) is 1.96. The third-order valence-electron chi connectivity index (χ3n) is 3.40. The highest BCUT2D eigenvalue weighted by Crippen LogP contribution is 2.38. The predicted octanol–water partition coefficient (Wildman–Crippen LogP) is 5.35. The highest BCUT2D eigenvalue weighted by atomic mass is 35.5. The fourth-order valence-corrected chi connectivity index (χ4v) is 2.42. The maximum Gasteiger partial charge on any atom is 0.416 e. The number of rotatable bonds is 3. The standard InChI is InChI=1S/C16H13Cl2F3N2O2/c1-8-11(17)6-12(14(24)13(8)18)23-15(25)22-7-9-2-4-10(5-3-9)16(19,20)21/h2-6,24H,7H2,1H3,(H2,22,23,25). The molecule has 0 saturated carbocycles. The van der Waals surface area contributed by atoms with Crippen LogP contribution < -0.4 is 10.6 Å². The second-order valence-corrected chi connectivity index (χ2v) is 5.98. The number of amides is 2. The van der Waals surface area contributed by atoms with Gasteiger partial charge in [-0.3, -0.25) is 0 Å². The van der Waals surface area contributed by atoms with Gasteiger partial charge in [-0.25, -0.2) is 4.79 Å². The van der Waals surface area contributed by atoms with Crippen LogP contribution in [0.15, 0.2) is 30.3 Å². The van der Waals surface area contributed by atoms with Gasteiger partial charge in [0.1, 0.15) is 0 Å². The summed E-state index contributed by atoms with van der Waals surface area (Å²) >= 11 is 11.8. The first-order valence-corrected chi connectivity index (χ1v) is 7.73. The van der Waals surface area contributed by atoms with Crippen LogP contribution in [0.5, 0.6) is 5.75 Å². The van der Waals surface area contributed by atoms with Gasteiger partial charge in [0.2, 0.25) is 0 Å². The number of carbonyl (C=O) groups is 1. The first-order valence-electron chi connectivity index (χ1n) is 6.98. The van der Waals surface area contributed by atoms with Crippen molar-refractivity contribution < 1.29 is 23.1 Å². The van der Waals surface area contributed by atoms with E-state index in [1.54, 1.807) is 6.92 Å². The van der Waals surface area contributed by atoms with Gasteiger partial charge in [-0.15, -0.1) is 0 Å². The van der Waals surface area contributed by atoms with Crippen molar-refractivity contribution >= 4 is 34.9 Å². The zero-order valence-corrected chi connectivity index (χ0v) is 14.4. The van der Waals surface area contributed by atoms with Gasteiger partial charge in [-0.2, -0.15) is 13.2 Å². The van der Waals surface area contributed by atoms with Crippen molar-refractivity contribution in [3.63, 3.8) is 0 Å². The molecule has 2 aromatic carbocycles. The molecule has 0 bridgehead atoms. The van der Waals surface area contributed by atoms with Crippen LogP contribution in [-0.4, -0.2) is 11.1 Å². The van der Waals surface area contributed by atoms with E-state index in [0.717, 1.165) is 12.1 Å². The van der Waals surface area contributed by atoms with Crippen molar-refractivity contribution in [1.82, 2.24) is 5.32 Å². The van der Waals surface area contributed by atoms with Gasteiger partial charge in [0, 0.05) is 11.6 Å². The number of anilines is 1. The number of benzene rings is 2. The topological polar surface area (TPSA) is 61.4 Å². The number of hydrogen-bond acceptors (Lipinski definition) is 2. The van der Waals surface area contributed by atoms with Crippen LogP contribution in [-0.2, 0) is 12.7 Å². The van der Waals surface area contributed by atoms with Crippen LogP contribution in [0.1, 0.15) is 16.7 Å². The molecule has 0 aliphatic carbocycles. The van der Waals surface area contributed by atoms with E-state index in [-0.39, 0.29) is 28.0 Å². The molecule has 134 valence electrons. The minimum atomic E-state index is -4.41. The molecule has 0 fully saturated rings. The van der Waals surface area contributed by atoms with E-state index in [4.69, 9.17) is 23.2 Å². The van der Waals surface area contributed by atoms with Gasteiger partial charge in [-0.05, 0) is 36.2 Å². The van der Waals surface area contributed by atoms with E-state index >= 15 is 0 Å². The Morgan fingerprint density at radius 1 is 1.20 bits per heavy atom. The lowest BCUT2D eigenvalue weighted by Crippen LogP contribution is -2.28. The van der Waals surface area contributed by atoms with Crippen LogP contribution in [0, 0.1) is 6.92 Å². The average molecular weight is 393 g/mol. The van der Waals surface area contributed by atoms with Crippen molar-refractivity contribution in [3.8, 4) is 5.75 Å². The van der Waals surface area contributed by atoms with Gasteiger partial charge in [0.15, 0.2) is 5.75 Å². The molecule has 0 radical (unpaired) electrons. The molecule has 4 nitrogen and oxygen atoms in total. The minimum absolute atomic E-state index is 0.00193. The molecule has 0 saturated heterocycles. The summed E-state index contributed by atoms with van der Waals surface area (Å²) in [6, 6.07) is 5.06. The Kier molecular flexibility index (Phi) is 5.69. The highest BCUT2D eigenvalue weighted by Gasteiger charge is 2.29. The lowest BCUT2D eigenvalue weighted by molar-refractivity contribution is -0.137. The lowest BCUT2D eigenvalue weighted by Gasteiger charge is -2.13. The zero-order chi connectivity index (χ0) is 18.8. The largest absolute Gasteiger partial charge is 0.504 e. The fraction of sp³-hybridized carbons (Fsp3) is 0.188. The summed E-state index contributed by atoms with van der Waals surface area (Å²) in [7, 11) is 0. The molecule has 0 aromatic heterocycles. The predicted molar refractivity (Wildman–Crippen MR) is 90.2 cm³/mol. The Hall–Kier alpha value is -2.12. The molecule has 2 aromatic rings. The lowest BCUT2D eigenvalue weighted by atomic mass is 10.1. The number of aromatic hydroxyl groups is 1. The van der Waals surface area contributed by atoms with E-state index in [0.29, 0.717) is 11.1 Å². The molecular weight excluding hydrogens is 380 g/mol. The number of phenolic OH excluding ortho intramolecular Hbond substituents is 1. The Morgan fingerprint density at radius 2 is 1.80 bits per heavy atom. The molecule has 9 heteroatoms. The minimum Gasteiger partial charge on any atom is -0.504 e. The van der Waals surface area contributed by atoms with Crippen molar-refractivity contribution in [2.24, 2.45) is 0 Å². The number of alkyl halides is 3. The molecule has 2 rings (SSSR count).